The molecule has 2 rings (SSSR count). The summed E-state index contributed by atoms with van der Waals surface area (Å²) in [6.45, 7) is 8.20. The molecule has 2 aromatic rings. The van der Waals surface area contributed by atoms with Gasteiger partial charge in [0.05, 0.1) is 5.69 Å². The summed E-state index contributed by atoms with van der Waals surface area (Å²) in [5.74, 6) is 0.884. The molecule has 0 atom stereocenters. The molecule has 3 nitrogen and oxygen atoms in total. The lowest BCUT2D eigenvalue weighted by Gasteiger charge is -2.03. The van der Waals surface area contributed by atoms with Gasteiger partial charge in [-0.1, -0.05) is 6.07 Å². The van der Waals surface area contributed by atoms with Crippen LogP contribution in [0.15, 0.2) is 18.3 Å². The Kier molecular flexibility index (Phi) is 2.31. The van der Waals surface area contributed by atoms with Crippen molar-refractivity contribution in [1.82, 2.24) is 14.8 Å². The molecule has 0 N–H and O–H groups in total. The Morgan fingerprint density at radius 2 is 1.80 bits per heavy atom. The summed E-state index contributed by atoms with van der Waals surface area (Å²) < 4.78 is 1.89. The maximum absolute atomic E-state index is 4.46. The summed E-state index contributed by atoms with van der Waals surface area (Å²) in [4.78, 5) is 4.36. The van der Waals surface area contributed by atoms with Crippen molar-refractivity contribution in [2.75, 3.05) is 0 Å². The van der Waals surface area contributed by atoms with E-state index in [-0.39, 0.29) is 0 Å². The number of nitrogens with zero attached hydrogens (tertiary/aromatic N) is 3. The predicted octanol–water partition coefficient (Wildman–Crippen LogP) is 2.50. The molecule has 0 aliphatic heterocycles. The van der Waals surface area contributed by atoms with E-state index in [1.165, 1.54) is 5.56 Å². The van der Waals surface area contributed by atoms with E-state index >= 15 is 0 Å². The van der Waals surface area contributed by atoms with Gasteiger partial charge in [-0.3, -0.25) is 0 Å². The van der Waals surface area contributed by atoms with Crippen LogP contribution in [0.2, 0.25) is 0 Å². The van der Waals surface area contributed by atoms with Crippen LogP contribution in [-0.2, 0) is 0 Å². The van der Waals surface area contributed by atoms with Crippen molar-refractivity contribution >= 4 is 0 Å². The van der Waals surface area contributed by atoms with Crippen molar-refractivity contribution in [2.24, 2.45) is 0 Å². The molecular formula is C12H15N3. The third-order valence-corrected chi connectivity index (χ3v) is 2.77. The zero-order chi connectivity index (χ0) is 11.0. The molecule has 0 bridgehead atoms. The zero-order valence-electron chi connectivity index (χ0n) is 9.57. The van der Waals surface area contributed by atoms with Crippen LogP contribution in [0.25, 0.3) is 5.82 Å². The second-order valence-corrected chi connectivity index (χ2v) is 3.90. The van der Waals surface area contributed by atoms with Crippen LogP contribution in [0.1, 0.15) is 22.5 Å². The van der Waals surface area contributed by atoms with Crippen molar-refractivity contribution in [3.05, 3.63) is 40.8 Å². The van der Waals surface area contributed by atoms with Gasteiger partial charge in [-0.15, -0.1) is 0 Å². The third kappa shape index (κ3) is 1.65. The fraction of sp³-hybridized carbons (Fsp3) is 0.333. The Labute approximate surface area is 89.8 Å². The lowest BCUT2D eigenvalue weighted by atomic mass is 10.2. The van der Waals surface area contributed by atoms with Crippen LogP contribution >= 0.6 is 0 Å². The molecule has 0 saturated heterocycles. The minimum absolute atomic E-state index is 0.884. The molecule has 0 amide bonds. The molecule has 78 valence electrons. The second-order valence-electron chi connectivity index (χ2n) is 3.90. The Hall–Kier alpha value is -1.64. The Bertz CT molecular complexity index is 480. The summed E-state index contributed by atoms with van der Waals surface area (Å²) in [5, 5.41) is 4.46. The highest BCUT2D eigenvalue weighted by molar-refractivity contribution is 5.32. The summed E-state index contributed by atoms with van der Waals surface area (Å²) in [7, 11) is 0. The van der Waals surface area contributed by atoms with E-state index in [1.54, 1.807) is 0 Å². The first-order valence-electron chi connectivity index (χ1n) is 5.05. The fourth-order valence-corrected chi connectivity index (χ4v) is 1.53. The van der Waals surface area contributed by atoms with Crippen molar-refractivity contribution in [2.45, 2.75) is 27.7 Å². The first kappa shape index (κ1) is 9.90. The topological polar surface area (TPSA) is 30.7 Å². The van der Waals surface area contributed by atoms with Gasteiger partial charge in [-0.2, -0.15) is 5.10 Å². The third-order valence-electron chi connectivity index (χ3n) is 2.77. The van der Waals surface area contributed by atoms with Crippen LogP contribution in [0.4, 0.5) is 0 Å². The minimum Gasteiger partial charge on any atom is -0.237 e. The van der Waals surface area contributed by atoms with E-state index in [9.17, 15) is 0 Å². The number of hydrogen-bond donors (Lipinski definition) is 0. The van der Waals surface area contributed by atoms with E-state index in [1.807, 2.05) is 36.9 Å². The predicted molar refractivity (Wildman–Crippen MR) is 60.3 cm³/mol. The van der Waals surface area contributed by atoms with Gasteiger partial charge < -0.3 is 0 Å². The van der Waals surface area contributed by atoms with Gasteiger partial charge in [0.15, 0.2) is 5.82 Å². The smallest absolute Gasteiger partial charge is 0.153 e. The zero-order valence-corrected chi connectivity index (χ0v) is 9.57. The van der Waals surface area contributed by atoms with Crippen molar-refractivity contribution in [1.29, 1.82) is 0 Å². The number of aryl methyl sites for hydroxylation is 2. The van der Waals surface area contributed by atoms with E-state index < -0.39 is 0 Å². The van der Waals surface area contributed by atoms with Crippen LogP contribution in [0.3, 0.4) is 0 Å². The van der Waals surface area contributed by atoms with Crippen molar-refractivity contribution in [3.8, 4) is 5.82 Å². The van der Waals surface area contributed by atoms with Gasteiger partial charge in [0.1, 0.15) is 0 Å². The van der Waals surface area contributed by atoms with E-state index in [0.29, 0.717) is 0 Å². The fourth-order valence-electron chi connectivity index (χ4n) is 1.53. The van der Waals surface area contributed by atoms with Crippen LogP contribution in [0.5, 0.6) is 0 Å². The van der Waals surface area contributed by atoms with E-state index in [4.69, 9.17) is 0 Å². The molecule has 15 heavy (non-hydrogen) atoms. The minimum atomic E-state index is 0.884. The normalized spacial score (nSPS) is 10.7. The number of rotatable bonds is 1. The number of hydrogen-bond acceptors (Lipinski definition) is 2. The summed E-state index contributed by atoms with van der Waals surface area (Å²) in [5.41, 5.74) is 4.62. The quantitative estimate of drug-likeness (QED) is 0.709. The summed E-state index contributed by atoms with van der Waals surface area (Å²) >= 11 is 0. The van der Waals surface area contributed by atoms with Crippen LogP contribution in [0, 0.1) is 27.7 Å². The molecule has 0 aliphatic rings. The molecule has 0 aromatic carbocycles. The summed E-state index contributed by atoms with van der Waals surface area (Å²) in [6, 6.07) is 4.04. The lowest BCUT2D eigenvalue weighted by molar-refractivity contribution is 0.804. The molecule has 0 aliphatic carbocycles. The molecule has 2 heterocycles. The highest BCUT2D eigenvalue weighted by Gasteiger charge is 2.08. The maximum Gasteiger partial charge on any atom is 0.153 e. The maximum atomic E-state index is 4.46. The van der Waals surface area contributed by atoms with E-state index in [0.717, 1.165) is 22.8 Å². The van der Waals surface area contributed by atoms with Crippen LogP contribution < -0.4 is 0 Å². The molecule has 0 radical (unpaired) electrons. The van der Waals surface area contributed by atoms with Gasteiger partial charge in [0, 0.05) is 11.9 Å². The molecule has 3 heteroatoms. The molecule has 0 spiro atoms. The first-order valence-corrected chi connectivity index (χ1v) is 5.05. The Morgan fingerprint density at radius 1 is 1.07 bits per heavy atom. The Balaban J connectivity index is 2.54. The second kappa shape index (κ2) is 3.50. The number of pyridine rings is 1. The standard InChI is InChI=1S/C12H15N3/c1-8-5-6-12(13-7-8)15-11(4)9(2)10(3)14-15/h5-7H,1-4H3. The van der Waals surface area contributed by atoms with Gasteiger partial charge in [-0.25, -0.2) is 9.67 Å². The lowest BCUT2D eigenvalue weighted by Crippen LogP contribution is -2.01. The average molecular weight is 201 g/mol. The molecule has 0 unspecified atom stereocenters. The van der Waals surface area contributed by atoms with Gasteiger partial charge in [-0.05, 0) is 44.9 Å². The largest absolute Gasteiger partial charge is 0.237 e. The average Bonchev–Trinajstić information content (AvgIpc) is 2.47. The monoisotopic (exact) mass is 201 g/mol. The van der Waals surface area contributed by atoms with Crippen molar-refractivity contribution < 1.29 is 0 Å². The molecule has 0 saturated carbocycles. The highest BCUT2D eigenvalue weighted by Crippen LogP contribution is 2.15. The summed E-state index contributed by atoms with van der Waals surface area (Å²) in [6.07, 6.45) is 1.86. The molecule has 0 fully saturated rings. The van der Waals surface area contributed by atoms with Crippen molar-refractivity contribution in [3.63, 3.8) is 0 Å². The first-order chi connectivity index (χ1) is 7.09. The van der Waals surface area contributed by atoms with E-state index in [2.05, 4.69) is 23.9 Å². The van der Waals surface area contributed by atoms with Gasteiger partial charge >= 0.3 is 0 Å². The highest BCUT2D eigenvalue weighted by atomic mass is 15.3. The molecular weight excluding hydrogens is 186 g/mol. The molecule has 2 aromatic heterocycles. The van der Waals surface area contributed by atoms with Crippen LogP contribution in [-0.4, -0.2) is 14.8 Å². The van der Waals surface area contributed by atoms with Gasteiger partial charge in [0.2, 0.25) is 0 Å². The van der Waals surface area contributed by atoms with Gasteiger partial charge in [0.25, 0.3) is 0 Å². The SMILES string of the molecule is Cc1ccc(-n2nc(C)c(C)c2C)nc1. The number of aromatic nitrogens is 3. The Morgan fingerprint density at radius 3 is 2.27 bits per heavy atom.